The highest BCUT2D eigenvalue weighted by molar-refractivity contribution is 5.68. The van der Waals surface area contributed by atoms with Gasteiger partial charge in [0.1, 0.15) is 11.4 Å². The summed E-state index contributed by atoms with van der Waals surface area (Å²) >= 11 is 0. The molecule has 0 bridgehead atoms. The third kappa shape index (κ3) is 4.34. The second-order valence-corrected chi connectivity index (χ2v) is 7.31. The minimum absolute atomic E-state index is 0.297. The quantitative estimate of drug-likeness (QED) is 0.499. The van der Waals surface area contributed by atoms with Gasteiger partial charge in [-0.1, -0.05) is 29.4 Å². The van der Waals surface area contributed by atoms with Crippen LogP contribution in [0.4, 0.5) is 0 Å². The number of rotatable bonds is 6. The molecule has 31 heavy (non-hydrogen) atoms. The normalized spacial score (nSPS) is 11.8. The third-order valence-corrected chi connectivity index (χ3v) is 5.04. The van der Waals surface area contributed by atoms with Gasteiger partial charge in [0.25, 0.3) is 0 Å². The fourth-order valence-electron chi connectivity index (χ4n) is 3.25. The van der Waals surface area contributed by atoms with Gasteiger partial charge in [-0.25, -0.2) is 4.98 Å². The SMILES string of the molecule is CNCc1ccc(-c2cc(-c3nc(-c4ccnc(C(C)C#N)c4)cnc3C)on2)cc1. The molecule has 0 aliphatic heterocycles. The summed E-state index contributed by atoms with van der Waals surface area (Å²) in [5.41, 5.74) is 6.53. The largest absolute Gasteiger partial charge is 0.354 e. The Kier molecular flexibility index (Phi) is 5.83. The summed E-state index contributed by atoms with van der Waals surface area (Å²) in [7, 11) is 1.92. The van der Waals surface area contributed by atoms with E-state index < -0.39 is 0 Å². The van der Waals surface area contributed by atoms with Crippen molar-refractivity contribution < 1.29 is 4.52 Å². The second kappa shape index (κ2) is 8.86. The first-order chi connectivity index (χ1) is 15.1. The molecule has 1 aromatic carbocycles. The number of nitrogens with zero attached hydrogens (tertiary/aromatic N) is 5. The molecule has 0 amide bonds. The van der Waals surface area contributed by atoms with Crippen LogP contribution in [0, 0.1) is 18.3 Å². The summed E-state index contributed by atoms with van der Waals surface area (Å²) in [6, 6.07) is 16.0. The van der Waals surface area contributed by atoms with Crippen LogP contribution in [-0.2, 0) is 6.54 Å². The molecule has 0 aliphatic rings. The zero-order chi connectivity index (χ0) is 21.8. The molecular weight excluding hydrogens is 388 g/mol. The Morgan fingerprint density at radius 1 is 1.06 bits per heavy atom. The number of hydrogen-bond donors (Lipinski definition) is 1. The lowest BCUT2D eigenvalue weighted by molar-refractivity contribution is 0.433. The van der Waals surface area contributed by atoms with Gasteiger partial charge in [0.2, 0.25) is 0 Å². The van der Waals surface area contributed by atoms with Gasteiger partial charge in [-0.2, -0.15) is 5.26 Å². The molecule has 0 fully saturated rings. The van der Waals surface area contributed by atoms with Crippen LogP contribution in [0.2, 0.25) is 0 Å². The van der Waals surface area contributed by atoms with Gasteiger partial charge in [0.15, 0.2) is 5.76 Å². The van der Waals surface area contributed by atoms with Gasteiger partial charge in [-0.05, 0) is 38.6 Å². The number of pyridine rings is 1. The first kappa shape index (κ1) is 20.4. The van der Waals surface area contributed by atoms with Crippen LogP contribution in [0.3, 0.4) is 0 Å². The Bertz CT molecular complexity index is 1240. The van der Waals surface area contributed by atoms with E-state index in [1.165, 1.54) is 5.56 Å². The van der Waals surface area contributed by atoms with Gasteiger partial charge in [-0.3, -0.25) is 9.97 Å². The monoisotopic (exact) mass is 410 g/mol. The maximum Gasteiger partial charge on any atom is 0.187 e. The average Bonchev–Trinajstić information content (AvgIpc) is 3.30. The summed E-state index contributed by atoms with van der Waals surface area (Å²) in [6.07, 6.45) is 3.40. The average molecular weight is 410 g/mol. The first-order valence-electron chi connectivity index (χ1n) is 9.99. The van der Waals surface area contributed by atoms with Gasteiger partial charge in [0.05, 0.1) is 35.3 Å². The van der Waals surface area contributed by atoms with E-state index in [1.54, 1.807) is 12.4 Å². The number of nitriles is 1. The molecule has 4 rings (SSSR count). The fourth-order valence-corrected chi connectivity index (χ4v) is 3.25. The van der Waals surface area contributed by atoms with Crippen LogP contribution in [0.15, 0.2) is 59.4 Å². The van der Waals surface area contributed by atoms with E-state index in [-0.39, 0.29) is 5.92 Å². The molecule has 4 aromatic rings. The third-order valence-electron chi connectivity index (χ3n) is 5.04. The number of benzene rings is 1. The van der Waals surface area contributed by atoms with Crippen molar-refractivity contribution in [2.24, 2.45) is 0 Å². The fraction of sp³-hybridized carbons (Fsp3) is 0.208. The highest BCUT2D eigenvalue weighted by Gasteiger charge is 2.15. The molecule has 1 unspecified atom stereocenters. The summed E-state index contributed by atoms with van der Waals surface area (Å²) < 4.78 is 5.61. The first-order valence-corrected chi connectivity index (χ1v) is 9.99. The van der Waals surface area contributed by atoms with E-state index in [4.69, 9.17) is 9.51 Å². The smallest absolute Gasteiger partial charge is 0.187 e. The molecule has 3 aromatic heterocycles. The Hall–Kier alpha value is -3.89. The summed E-state index contributed by atoms with van der Waals surface area (Å²) in [5.74, 6) is 0.259. The van der Waals surface area contributed by atoms with Crippen molar-refractivity contribution in [1.82, 2.24) is 25.4 Å². The van der Waals surface area contributed by atoms with Crippen LogP contribution < -0.4 is 5.32 Å². The molecule has 7 heteroatoms. The number of nitrogens with one attached hydrogen (secondary N) is 1. The van der Waals surface area contributed by atoms with Crippen molar-refractivity contribution in [2.75, 3.05) is 7.05 Å². The molecule has 0 aliphatic carbocycles. The van der Waals surface area contributed by atoms with E-state index in [1.807, 2.05) is 51.2 Å². The topological polar surface area (TPSA) is 101 Å². The lowest BCUT2D eigenvalue weighted by Crippen LogP contribution is -2.04. The van der Waals surface area contributed by atoms with E-state index in [0.29, 0.717) is 22.8 Å². The molecule has 1 atom stereocenters. The van der Waals surface area contributed by atoms with Crippen LogP contribution in [0.1, 0.15) is 29.8 Å². The molecular formula is C24H22N6O. The Balaban J connectivity index is 1.66. The minimum atomic E-state index is -0.297. The minimum Gasteiger partial charge on any atom is -0.354 e. The van der Waals surface area contributed by atoms with E-state index in [2.05, 4.69) is 38.6 Å². The van der Waals surface area contributed by atoms with Crippen LogP contribution in [-0.4, -0.2) is 27.2 Å². The van der Waals surface area contributed by atoms with Crippen molar-refractivity contribution in [3.63, 3.8) is 0 Å². The van der Waals surface area contributed by atoms with Crippen LogP contribution in [0.5, 0.6) is 0 Å². The summed E-state index contributed by atoms with van der Waals surface area (Å²) in [5, 5.41) is 16.5. The Morgan fingerprint density at radius 2 is 1.87 bits per heavy atom. The molecule has 0 spiro atoms. The molecule has 7 nitrogen and oxygen atoms in total. The van der Waals surface area contributed by atoms with Crippen molar-refractivity contribution in [3.8, 4) is 40.0 Å². The Labute approximate surface area is 180 Å². The van der Waals surface area contributed by atoms with Gasteiger partial charge < -0.3 is 9.84 Å². The Morgan fingerprint density at radius 3 is 2.61 bits per heavy atom. The lowest BCUT2D eigenvalue weighted by atomic mass is 10.1. The molecule has 154 valence electrons. The van der Waals surface area contributed by atoms with Crippen LogP contribution in [0.25, 0.3) is 34.0 Å². The zero-order valence-corrected chi connectivity index (χ0v) is 17.6. The maximum absolute atomic E-state index is 9.18. The molecule has 3 heterocycles. The highest BCUT2D eigenvalue weighted by atomic mass is 16.5. The number of aryl methyl sites for hydroxylation is 1. The van der Waals surface area contributed by atoms with E-state index >= 15 is 0 Å². The molecule has 0 saturated carbocycles. The number of hydrogen-bond acceptors (Lipinski definition) is 7. The highest BCUT2D eigenvalue weighted by Crippen LogP contribution is 2.29. The van der Waals surface area contributed by atoms with Gasteiger partial charge in [-0.15, -0.1) is 0 Å². The summed E-state index contributed by atoms with van der Waals surface area (Å²) in [4.78, 5) is 13.6. The van der Waals surface area contributed by atoms with Crippen LogP contribution >= 0.6 is 0 Å². The number of aromatic nitrogens is 4. The van der Waals surface area contributed by atoms with Crippen molar-refractivity contribution in [1.29, 1.82) is 5.26 Å². The second-order valence-electron chi connectivity index (χ2n) is 7.31. The van der Waals surface area contributed by atoms with E-state index in [9.17, 15) is 5.26 Å². The molecule has 0 radical (unpaired) electrons. The maximum atomic E-state index is 9.18. The summed E-state index contributed by atoms with van der Waals surface area (Å²) in [6.45, 7) is 4.52. The van der Waals surface area contributed by atoms with E-state index in [0.717, 1.165) is 29.1 Å². The van der Waals surface area contributed by atoms with Crippen molar-refractivity contribution in [2.45, 2.75) is 26.3 Å². The molecule has 1 N–H and O–H groups in total. The molecule has 0 saturated heterocycles. The predicted octanol–water partition coefficient (Wildman–Crippen LogP) is 4.52. The standard InChI is InChI=1S/C24H22N6O/c1-15(12-25)20-10-19(8-9-27-20)22-14-28-16(2)24(29-22)23-11-21(30-31-23)18-6-4-17(5-7-18)13-26-3/h4-11,14-15,26H,13H2,1-3H3. The zero-order valence-electron chi connectivity index (χ0n) is 17.6. The van der Waals surface area contributed by atoms with Crippen molar-refractivity contribution in [3.05, 3.63) is 71.8 Å². The predicted molar refractivity (Wildman–Crippen MR) is 118 cm³/mol. The van der Waals surface area contributed by atoms with Crippen molar-refractivity contribution >= 4 is 0 Å². The van der Waals surface area contributed by atoms with Gasteiger partial charge in [0, 0.05) is 29.9 Å². The lowest BCUT2D eigenvalue weighted by Gasteiger charge is -2.07. The van der Waals surface area contributed by atoms with Gasteiger partial charge >= 0.3 is 0 Å².